The number of anilines is 1. The third-order valence-electron chi connectivity index (χ3n) is 4.12. The predicted octanol–water partition coefficient (Wildman–Crippen LogP) is 2.17. The van der Waals surface area contributed by atoms with Gasteiger partial charge < -0.3 is 14.8 Å². The van der Waals surface area contributed by atoms with Gasteiger partial charge in [-0.2, -0.15) is 0 Å². The molecule has 1 saturated heterocycles. The van der Waals surface area contributed by atoms with Gasteiger partial charge in [-0.3, -0.25) is 9.69 Å². The van der Waals surface area contributed by atoms with Crippen molar-refractivity contribution < 1.29 is 14.3 Å². The molecule has 2 heterocycles. The second-order valence-corrected chi connectivity index (χ2v) is 5.69. The molecule has 1 fully saturated rings. The van der Waals surface area contributed by atoms with E-state index in [1.165, 1.54) is 0 Å². The van der Waals surface area contributed by atoms with Gasteiger partial charge >= 0.3 is 0 Å². The van der Waals surface area contributed by atoms with E-state index in [1.807, 2.05) is 19.9 Å². The first-order valence-corrected chi connectivity index (χ1v) is 8.42. The van der Waals surface area contributed by atoms with Gasteiger partial charge in [0.1, 0.15) is 6.61 Å². The minimum absolute atomic E-state index is 0.0535. The number of rotatable bonds is 8. The lowest BCUT2D eigenvalue weighted by Crippen LogP contribution is -2.38. The molecule has 1 amide bonds. The molecule has 1 aromatic heterocycles. The lowest BCUT2D eigenvalue weighted by atomic mass is 10.0. The number of aromatic nitrogens is 1. The Balaban J connectivity index is 1.74. The van der Waals surface area contributed by atoms with Crippen molar-refractivity contribution >= 4 is 11.6 Å². The van der Waals surface area contributed by atoms with Gasteiger partial charge in [-0.15, -0.1) is 0 Å². The number of hydrogen-bond acceptors (Lipinski definition) is 5. The standard InChI is InChI=1S/C17H27N3O3/c1-3-14(4-2)17(21)19-15-5-6-16(18-13-15)23-12-9-20-7-10-22-11-8-20/h5-6,13-14H,3-4,7-12H2,1-2H3,(H,19,21). The van der Waals surface area contributed by atoms with Gasteiger partial charge in [0, 0.05) is 31.6 Å². The Morgan fingerprint density at radius 1 is 1.35 bits per heavy atom. The Kier molecular flexibility index (Phi) is 7.29. The number of nitrogens with zero attached hydrogens (tertiary/aromatic N) is 2. The van der Waals surface area contributed by atoms with Crippen LogP contribution in [0.3, 0.4) is 0 Å². The molecular weight excluding hydrogens is 294 g/mol. The van der Waals surface area contributed by atoms with Crippen molar-refractivity contribution in [2.24, 2.45) is 5.92 Å². The summed E-state index contributed by atoms with van der Waals surface area (Å²) in [6.07, 6.45) is 3.33. The summed E-state index contributed by atoms with van der Waals surface area (Å²) in [4.78, 5) is 18.6. The normalized spacial score (nSPS) is 15.6. The van der Waals surface area contributed by atoms with Crippen LogP contribution in [0.5, 0.6) is 5.88 Å². The third-order valence-corrected chi connectivity index (χ3v) is 4.12. The first-order chi connectivity index (χ1) is 11.2. The molecule has 0 unspecified atom stereocenters. The van der Waals surface area contributed by atoms with Crippen LogP contribution < -0.4 is 10.1 Å². The van der Waals surface area contributed by atoms with Crippen LogP contribution in [0.15, 0.2) is 18.3 Å². The molecule has 2 rings (SSSR count). The van der Waals surface area contributed by atoms with Crippen molar-refractivity contribution in [2.45, 2.75) is 26.7 Å². The van der Waals surface area contributed by atoms with Gasteiger partial charge in [-0.05, 0) is 18.9 Å². The van der Waals surface area contributed by atoms with Crippen LogP contribution in [0.2, 0.25) is 0 Å². The van der Waals surface area contributed by atoms with E-state index < -0.39 is 0 Å². The first-order valence-electron chi connectivity index (χ1n) is 8.42. The van der Waals surface area contributed by atoms with Crippen LogP contribution in [-0.4, -0.2) is 55.2 Å². The quantitative estimate of drug-likeness (QED) is 0.795. The summed E-state index contributed by atoms with van der Waals surface area (Å²) in [6.45, 7) is 9.03. The Morgan fingerprint density at radius 3 is 2.70 bits per heavy atom. The van der Waals surface area contributed by atoms with Crippen molar-refractivity contribution in [3.05, 3.63) is 18.3 Å². The molecule has 1 aliphatic rings. The summed E-state index contributed by atoms with van der Waals surface area (Å²) in [7, 11) is 0. The van der Waals surface area contributed by atoms with E-state index in [-0.39, 0.29) is 11.8 Å². The molecule has 1 aliphatic heterocycles. The summed E-state index contributed by atoms with van der Waals surface area (Å²) in [6, 6.07) is 3.62. The van der Waals surface area contributed by atoms with Crippen molar-refractivity contribution in [1.29, 1.82) is 0 Å². The molecule has 0 aliphatic carbocycles. The maximum Gasteiger partial charge on any atom is 0.227 e. The minimum Gasteiger partial charge on any atom is -0.476 e. The van der Waals surface area contributed by atoms with E-state index in [1.54, 1.807) is 12.3 Å². The molecule has 0 saturated carbocycles. The van der Waals surface area contributed by atoms with Crippen LogP contribution in [0.1, 0.15) is 26.7 Å². The zero-order valence-electron chi connectivity index (χ0n) is 14.1. The predicted molar refractivity (Wildman–Crippen MR) is 89.7 cm³/mol. The van der Waals surface area contributed by atoms with Crippen LogP contribution in [0, 0.1) is 5.92 Å². The maximum absolute atomic E-state index is 12.0. The molecule has 23 heavy (non-hydrogen) atoms. The molecular formula is C17H27N3O3. The molecule has 0 radical (unpaired) electrons. The number of carbonyl (C=O) groups excluding carboxylic acids is 1. The Morgan fingerprint density at radius 2 is 2.09 bits per heavy atom. The van der Waals surface area contributed by atoms with E-state index in [4.69, 9.17) is 9.47 Å². The van der Waals surface area contributed by atoms with Crippen molar-refractivity contribution in [3.8, 4) is 5.88 Å². The Bertz CT molecular complexity index is 468. The van der Waals surface area contributed by atoms with Crippen LogP contribution in [0.4, 0.5) is 5.69 Å². The second-order valence-electron chi connectivity index (χ2n) is 5.69. The number of morpholine rings is 1. The molecule has 6 heteroatoms. The minimum atomic E-state index is 0.0535. The van der Waals surface area contributed by atoms with Crippen LogP contribution in [0.25, 0.3) is 0 Å². The average Bonchev–Trinajstić information content (AvgIpc) is 2.58. The number of pyridine rings is 1. The van der Waals surface area contributed by atoms with Crippen LogP contribution in [-0.2, 0) is 9.53 Å². The lowest BCUT2D eigenvalue weighted by Gasteiger charge is -2.26. The zero-order chi connectivity index (χ0) is 16.5. The van der Waals surface area contributed by atoms with Crippen LogP contribution >= 0.6 is 0 Å². The monoisotopic (exact) mass is 321 g/mol. The fourth-order valence-corrected chi connectivity index (χ4v) is 2.55. The van der Waals surface area contributed by atoms with E-state index in [0.717, 1.165) is 45.7 Å². The number of amides is 1. The summed E-state index contributed by atoms with van der Waals surface area (Å²) in [5, 5.41) is 2.90. The number of nitrogens with one attached hydrogen (secondary N) is 1. The highest BCUT2D eigenvalue weighted by molar-refractivity contribution is 5.92. The highest BCUT2D eigenvalue weighted by Crippen LogP contribution is 2.15. The summed E-state index contributed by atoms with van der Waals surface area (Å²) >= 11 is 0. The maximum atomic E-state index is 12.0. The molecule has 0 spiro atoms. The van der Waals surface area contributed by atoms with E-state index in [2.05, 4.69) is 15.2 Å². The molecule has 128 valence electrons. The largest absolute Gasteiger partial charge is 0.476 e. The average molecular weight is 321 g/mol. The summed E-state index contributed by atoms with van der Waals surface area (Å²) in [5.74, 6) is 0.691. The zero-order valence-corrected chi connectivity index (χ0v) is 14.1. The van der Waals surface area contributed by atoms with Gasteiger partial charge in [0.25, 0.3) is 0 Å². The highest BCUT2D eigenvalue weighted by atomic mass is 16.5. The van der Waals surface area contributed by atoms with E-state index in [9.17, 15) is 4.79 Å². The van der Waals surface area contributed by atoms with Gasteiger partial charge in [0.15, 0.2) is 0 Å². The van der Waals surface area contributed by atoms with Gasteiger partial charge in [-0.1, -0.05) is 13.8 Å². The Hall–Kier alpha value is -1.66. The first kappa shape index (κ1) is 17.7. The molecule has 1 aromatic rings. The highest BCUT2D eigenvalue weighted by Gasteiger charge is 2.14. The van der Waals surface area contributed by atoms with Gasteiger partial charge in [-0.25, -0.2) is 4.98 Å². The van der Waals surface area contributed by atoms with Crippen molar-refractivity contribution in [1.82, 2.24) is 9.88 Å². The van der Waals surface area contributed by atoms with E-state index in [0.29, 0.717) is 18.2 Å². The fraction of sp³-hybridized carbons (Fsp3) is 0.647. The molecule has 0 aromatic carbocycles. The van der Waals surface area contributed by atoms with E-state index >= 15 is 0 Å². The molecule has 0 bridgehead atoms. The molecule has 0 atom stereocenters. The van der Waals surface area contributed by atoms with Crippen molar-refractivity contribution in [3.63, 3.8) is 0 Å². The fourth-order valence-electron chi connectivity index (χ4n) is 2.55. The summed E-state index contributed by atoms with van der Waals surface area (Å²) < 4.78 is 11.0. The number of hydrogen-bond donors (Lipinski definition) is 1. The smallest absolute Gasteiger partial charge is 0.227 e. The number of ether oxygens (including phenoxy) is 2. The third kappa shape index (κ3) is 5.80. The lowest BCUT2D eigenvalue weighted by molar-refractivity contribution is -0.120. The number of carbonyl (C=O) groups is 1. The SMILES string of the molecule is CCC(CC)C(=O)Nc1ccc(OCCN2CCOCC2)nc1. The van der Waals surface area contributed by atoms with Crippen molar-refractivity contribution in [2.75, 3.05) is 44.8 Å². The van der Waals surface area contributed by atoms with Gasteiger partial charge in [0.05, 0.1) is 25.1 Å². The second kappa shape index (κ2) is 9.47. The molecule has 1 N–H and O–H groups in total. The summed E-state index contributed by atoms with van der Waals surface area (Å²) in [5.41, 5.74) is 0.711. The molecule has 6 nitrogen and oxygen atoms in total. The topological polar surface area (TPSA) is 63.7 Å². The Labute approximate surface area is 138 Å². The van der Waals surface area contributed by atoms with Gasteiger partial charge in [0.2, 0.25) is 11.8 Å².